The Morgan fingerprint density at radius 3 is 2.59 bits per heavy atom. The van der Waals surface area contributed by atoms with Crippen LogP contribution >= 0.6 is 0 Å². The van der Waals surface area contributed by atoms with Gasteiger partial charge in [-0.25, -0.2) is 0 Å². The second-order valence-electron chi connectivity index (χ2n) is 3.53. The lowest BCUT2D eigenvalue weighted by molar-refractivity contribution is 0.104. The van der Waals surface area contributed by atoms with Crippen molar-refractivity contribution in [2.24, 2.45) is 0 Å². The lowest BCUT2D eigenvalue weighted by atomic mass is 10.1. The number of carbonyl (C=O) groups excluding carboxylic acids is 1. The molecular formula is C14H11NO2. The lowest BCUT2D eigenvalue weighted by Gasteiger charge is -1.95. The van der Waals surface area contributed by atoms with Crippen LogP contribution in [-0.4, -0.2) is 15.9 Å². The Morgan fingerprint density at radius 1 is 1.18 bits per heavy atom. The summed E-state index contributed by atoms with van der Waals surface area (Å²) in [5, 5.41) is 9.11. The molecule has 3 nitrogen and oxygen atoms in total. The predicted octanol–water partition coefficient (Wildman–Crippen LogP) is 2.68. The van der Waals surface area contributed by atoms with Crippen molar-refractivity contribution >= 4 is 11.9 Å². The Labute approximate surface area is 99.1 Å². The maximum atomic E-state index is 11.7. The zero-order chi connectivity index (χ0) is 12.1. The highest BCUT2D eigenvalue weighted by molar-refractivity contribution is 6.06. The van der Waals surface area contributed by atoms with Crippen LogP contribution in [-0.2, 0) is 0 Å². The van der Waals surface area contributed by atoms with Gasteiger partial charge in [0.2, 0.25) is 0 Å². The van der Waals surface area contributed by atoms with E-state index < -0.39 is 0 Å². The standard InChI is InChI=1S/C14H11NO2/c16-13-6-3-11(4-7-13)5-8-14(17)12-2-1-9-15-10-12/h1-10,16H/b8-5-. The molecule has 0 aliphatic rings. The maximum Gasteiger partial charge on any atom is 0.187 e. The third-order valence-electron chi connectivity index (χ3n) is 2.27. The van der Waals surface area contributed by atoms with Gasteiger partial charge in [0.15, 0.2) is 5.78 Å². The molecular weight excluding hydrogens is 214 g/mol. The normalized spacial score (nSPS) is 10.6. The minimum atomic E-state index is -0.0915. The van der Waals surface area contributed by atoms with E-state index in [1.165, 1.54) is 12.3 Å². The number of aromatic nitrogens is 1. The van der Waals surface area contributed by atoms with E-state index >= 15 is 0 Å². The van der Waals surface area contributed by atoms with E-state index in [0.717, 1.165) is 5.56 Å². The number of aromatic hydroxyl groups is 1. The molecule has 0 aliphatic carbocycles. The molecule has 0 aliphatic heterocycles. The van der Waals surface area contributed by atoms with Gasteiger partial charge >= 0.3 is 0 Å². The highest BCUT2D eigenvalue weighted by atomic mass is 16.3. The van der Waals surface area contributed by atoms with Crippen LogP contribution in [0.2, 0.25) is 0 Å². The molecule has 0 fully saturated rings. The van der Waals surface area contributed by atoms with E-state index in [1.54, 1.807) is 48.7 Å². The molecule has 0 bridgehead atoms. The molecule has 2 aromatic rings. The van der Waals surface area contributed by atoms with E-state index in [-0.39, 0.29) is 11.5 Å². The Balaban J connectivity index is 2.11. The van der Waals surface area contributed by atoms with Gasteiger partial charge in [-0.2, -0.15) is 0 Å². The van der Waals surface area contributed by atoms with Gasteiger partial charge < -0.3 is 5.11 Å². The predicted molar refractivity (Wildman–Crippen MR) is 65.7 cm³/mol. The van der Waals surface area contributed by atoms with Crippen LogP contribution in [0.5, 0.6) is 5.75 Å². The largest absolute Gasteiger partial charge is 0.508 e. The first-order chi connectivity index (χ1) is 8.25. The number of hydrogen-bond donors (Lipinski definition) is 1. The van der Waals surface area contributed by atoms with Gasteiger partial charge in [-0.05, 0) is 35.9 Å². The minimum Gasteiger partial charge on any atom is -0.508 e. The van der Waals surface area contributed by atoms with Gasteiger partial charge in [0.1, 0.15) is 5.75 Å². The van der Waals surface area contributed by atoms with Crippen LogP contribution in [0.1, 0.15) is 15.9 Å². The quantitative estimate of drug-likeness (QED) is 0.645. The summed E-state index contributed by atoms with van der Waals surface area (Å²) in [6.07, 6.45) is 6.35. The van der Waals surface area contributed by atoms with Crippen molar-refractivity contribution in [2.45, 2.75) is 0 Å². The average molecular weight is 225 g/mol. The number of benzene rings is 1. The first kappa shape index (κ1) is 11.1. The Hall–Kier alpha value is -2.42. The van der Waals surface area contributed by atoms with Crippen molar-refractivity contribution in [2.75, 3.05) is 0 Å². The molecule has 0 spiro atoms. The molecule has 84 valence electrons. The molecule has 3 heteroatoms. The molecule has 1 aromatic carbocycles. The van der Waals surface area contributed by atoms with Crippen LogP contribution in [0.4, 0.5) is 0 Å². The Morgan fingerprint density at radius 2 is 1.94 bits per heavy atom. The molecule has 0 unspecified atom stereocenters. The van der Waals surface area contributed by atoms with E-state index in [2.05, 4.69) is 4.98 Å². The van der Waals surface area contributed by atoms with Gasteiger partial charge in [-0.15, -0.1) is 0 Å². The van der Waals surface area contributed by atoms with Crippen LogP contribution in [0.25, 0.3) is 6.08 Å². The number of carbonyl (C=O) groups is 1. The highest BCUT2D eigenvalue weighted by Gasteiger charge is 1.99. The number of phenols is 1. The fraction of sp³-hybridized carbons (Fsp3) is 0. The highest BCUT2D eigenvalue weighted by Crippen LogP contribution is 2.11. The number of allylic oxidation sites excluding steroid dienone is 1. The van der Waals surface area contributed by atoms with Gasteiger partial charge in [0.25, 0.3) is 0 Å². The van der Waals surface area contributed by atoms with E-state index in [9.17, 15) is 4.79 Å². The number of rotatable bonds is 3. The van der Waals surface area contributed by atoms with Gasteiger partial charge in [0.05, 0.1) is 0 Å². The Bertz CT molecular complexity index is 530. The molecule has 2 rings (SSSR count). The van der Waals surface area contributed by atoms with Gasteiger partial charge in [-0.3, -0.25) is 9.78 Å². The third kappa shape index (κ3) is 3.01. The summed E-state index contributed by atoms with van der Waals surface area (Å²) in [5.41, 5.74) is 1.42. The third-order valence-corrected chi connectivity index (χ3v) is 2.27. The van der Waals surface area contributed by atoms with Crippen molar-refractivity contribution in [3.8, 4) is 5.75 Å². The molecule has 17 heavy (non-hydrogen) atoms. The fourth-order valence-corrected chi connectivity index (χ4v) is 1.36. The van der Waals surface area contributed by atoms with Crippen molar-refractivity contribution in [1.29, 1.82) is 0 Å². The summed E-state index contributed by atoms with van der Waals surface area (Å²) in [4.78, 5) is 15.6. The maximum absolute atomic E-state index is 11.7. The van der Waals surface area contributed by atoms with Crippen molar-refractivity contribution < 1.29 is 9.90 Å². The monoisotopic (exact) mass is 225 g/mol. The van der Waals surface area contributed by atoms with Crippen LogP contribution in [0.3, 0.4) is 0 Å². The van der Waals surface area contributed by atoms with E-state index in [0.29, 0.717) is 5.56 Å². The average Bonchev–Trinajstić information content (AvgIpc) is 2.39. The number of phenolic OH excluding ortho intramolecular Hbond substituents is 1. The van der Waals surface area contributed by atoms with Crippen LogP contribution in [0.15, 0.2) is 54.9 Å². The number of nitrogens with zero attached hydrogens (tertiary/aromatic N) is 1. The van der Waals surface area contributed by atoms with Crippen molar-refractivity contribution in [3.63, 3.8) is 0 Å². The van der Waals surface area contributed by atoms with Crippen LogP contribution in [0, 0.1) is 0 Å². The molecule has 0 atom stereocenters. The van der Waals surface area contributed by atoms with E-state index in [4.69, 9.17) is 5.11 Å². The second-order valence-corrected chi connectivity index (χ2v) is 3.53. The molecule has 0 saturated carbocycles. The summed E-state index contributed by atoms with van der Waals surface area (Å²) in [6.45, 7) is 0. The summed E-state index contributed by atoms with van der Waals surface area (Å²) in [6, 6.07) is 10.1. The van der Waals surface area contributed by atoms with Gasteiger partial charge in [0, 0.05) is 18.0 Å². The molecule has 1 aromatic heterocycles. The molecule has 0 saturated heterocycles. The number of hydrogen-bond acceptors (Lipinski definition) is 3. The summed E-state index contributed by atoms with van der Waals surface area (Å²) >= 11 is 0. The summed E-state index contributed by atoms with van der Waals surface area (Å²) < 4.78 is 0. The van der Waals surface area contributed by atoms with Crippen molar-refractivity contribution in [3.05, 3.63) is 66.0 Å². The topological polar surface area (TPSA) is 50.2 Å². The SMILES string of the molecule is O=C(/C=C\c1ccc(O)cc1)c1cccnc1. The molecule has 1 heterocycles. The molecule has 0 radical (unpaired) electrons. The minimum absolute atomic E-state index is 0.0915. The smallest absolute Gasteiger partial charge is 0.187 e. The molecule has 1 N–H and O–H groups in total. The molecule has 0 amide bonds. The Kier molecular flexibility index (Phi) is 3.31. The summed E-state index contributed by atoms with van der Waals surface area (Å²) in [5.74, 6) is 0.118. The zero-order valence-corrected chi connectivity index (χ0v) is 9.08. The van der Waals surface area contributed by atoms with Crippen molar-refractivity contribution in [1.82, 2.24) is 4.98 Å². The summed E-state index contributed by atoms with van der Waals surface area (Å²) in [7, 11) is 0. The number of ketones is 1. The van der Waals surface area contributed by atoms with Gasteiger partial charge in [-0.1, -0.05) is 18.2 Å². The zero-order valence-electron chi connectivity index (χ0n) is 9.08. The first-order valence-electron chi connectivity index (χ1n) is 5.17. The lowest BCUT2D eigenvalue weighted by Crippen LogP contribution is -1.93. The number of pyridine rings is 1. The second kappa shape index (κ2) is 5.07. The fourth-order valence-electron chi connectivity index (χ4n) is 1.36. The first-order valence-corrected chi connectivity index (χ1v) is 5.17. The van der Waals surface area contributed by atoms with Crippen LogP contribution < -0.4 is 0 Å². The van der Waals surface area contributed by atoms with E-state index in [1.807, 2.05) is 0 Å².